The second-order valence-electron chi connectivity index (χ2n) is 6.38. The van der Waals surface area contributed by atoms with Gasteiger partial charge in [-0.3, -0.25) is 9.80 Å². The highest BCUT2D eigenvalue weighted by molar-refractivity contribution is 7.99. The Balaban J connectivity index is 1.54. The van der Waals surface area contributed by atoms with Crippen LogP contribution in [0.4, 0.5) is 0 Å². The topological polar surface area (TPSA) is 24.9 Å². The number of thioether (sulfide) groups is 1. The molecule has 4 nitrogen and oxygen atoms in total. The Labute approximate surface area is 144 Å². The van der Waals surface area contributed by atoms with Gasteiger partial charge < -0.3 is 9.47 Å². The summed E-state index contributed by atoms with van der Waals surface area (Å²) < 4.78 is 10.8. The van der Waals surface area contributed by atoms with E-state index in [0.717, 1.165) is 24.1 Å². The number of likely N-dealkylation sites (tertiary alicyclic amines) is 1. The molecule has 0 N–H and O–H groups in total. The molecular formula is C18H28N2O2S. The Hall–Kier alpha value is -0.910. The van der Waals surface area contributed by atoms with E-state index in [0.29, 0.717) is 0 Å². The van der Waals surface area contributed by atoms with Gasteiger partial charge in [0, 0.05) is 43.2 Å². The molecule has 0 bridgehead atoms. The van der Waals surface area contributed by atoms with Crippen molar-refractivity contribution in [2.45, 2.75) is 25.4 Å². The van der Waals surface area contributed by atoms with Crippen molar-refractivity contribution in [3.8, 4) is 11.5 Å². The van der Waals surface area contributed by atoms with Crippen LogP contribution in [0.15, 0.2) is 18.2 Å². The molecular weight excluding hydrogens is 308 g/mol. The first-order valence-corrected chi connectivity index (χ1v) is 9.70. The quantitative estimate of drug-likeness (QED) is 0.823. The van der Waals surface area contributed by atoms with Crippen molar-refractivity contribution in [3.63, 3.8) is 0 Å². The van der Waals surface area contributed by atoms with E-state index >= 15 is 0 Å². The number of ether oxygens (including phenoxy) is 2. The minimum atomic E-state index is 0.798. The fourth-order valence-corrected chi connectivity index (χ4v) is 4.53. The fourth-order valence-electron chi connectivity index (χ4n) is 3.60. The monoisotopic (exact) mass is 336 g/mol. The summed E-state index contributed by atoms with van der Waals surface area (Å²) in [5.41, 5.74) is 1.27. The number of hydrogen-bond acceptors (Lipinski definition) is 5. The second kappa shape index (κ2) is 8.27. The molecule has 1 aromatic carbocycles. The van der Waals surface area contributed by atoms with E-state index in [2.05, 4.69) is 33.7 Å². The van der Waals surface area contributed by atoms with Crippen LogP contribution in [0.25, 0.3) is 0 Å². The molecule has 1 aromatic rings. The smallest absolute Gasteiger partial charge is 0.122 e. The van der Waals surface area contributed by atoms with Crippen molar-refractivity contribution < 1.29 is 9.47 Å². The molecule has 128 valence electrons. The lowest BCUT2D eigenvalue weighted by Crippen LogP contribution is -2.47. The maximum Gasteiger partial charge on any atom is 0.122 e. The van der Waals surface area contributed by atoms with Gasteiger partial charge in [0.25, 0.3) is 0 Å². The molecule has 0 amide bonds. The van der Waals surface area contributed by atoms with E-state index in [-0.39, 0.29) is 0 Å². The zero-order chi connectivity index (χ0) is 16.1. The number of methoxy groups -OCH3 is 2. The molecule has 3 rings (SSSR count). The van der Waals surface area contributed by atoms with Gasteiger partial charge >= 0.3 is 0 Å². The number of benzene rings is 1. The third kappa shape index (κ3) is 4.55. The van der Waals surface area contributed by atoms with Gasteiger partial charge in [0.1, 0.15) is 11.5 Å². The maximum atomic E-state index is 5.38. The van der Waals surface area contributed by atoms with Crippen molar-refractivity contribution in [1.29, 1.82) is 0 Å². The predicted octanol–water partition coefficient (Wildman–Crippen LogP) is 2.72. The summed E-state index contributed by atoms with van der Waals surface area (Å²) >= 11 is 2.10. The SMILES string of the molecule is COc1cc(CN2CCC(N3CCSCC3)CC2)cc(OC)c1. The Morgan fingerprint density at radius 2 is 1.57 bits per heavy atom. The molecule has 23 heavy (non-hydrogen) atoms. The molecule has 0 saturated carbocycles. The lowest BCUT2D eigenvalue weighted by Gasteiger charge is -2.40. The summed E-state index contributed by atoms with van der Waals surface area (Å²) in [4.78, 5) is 5.27. The highest BCUT2D eigenvalue weighted by Crippen LogP contribution is 2.25. The van der Waals surface area contributed by atoms with E-state index in [1.165, 1.54) is 56.1 Å². The van der Waals surface area contributed by atoms with Gasteiger partial charge in [-0.25, -0.2) is 0 Å². The average Bonchev–Trinajstić information content (AvgIpc) is 2.62. The first kappa shape index (κ1) is 16.9. The standard InChI is InChI=1S/C18H28N2O2S/c1-21-17-11-15(12-18(13-17)22-2)14-19-5-3-16(4-6-19)20-7-9-23-10-8-20/h11-13,16H,3-10,14H2,1-2H3. The molecule has 2 fully saturated rings. The highest BCUT2D eigenvalue weighted by Gasteiger charge is 2.25. The number of piperidine rings is 1. The number of hydrogen-bond donors (Lipinski definition) is 0. The average molecular weight is 337 g/mol. The van der Waals surface area contributed by atoms with Crippen molar-refractivity contribution in [1.82, 2.24) is 9.80 Å². The highest BCUT2D eigenvalue weighted by atomic mass is 32.2. The van der Waals surface area contributed by atoms with Crippen molar-refractivity contribution in [2.24, 2.45) is 0 Å². The van der Waals surface area contributed by atoms with Crippen molar-refractivity contribution in [3.05, 3.63) is 23.8 Å². The van der Waals surface area contributed by atoms with E-state index < -0.39 is 0 Å². The minimum Gasteiger partial charge on any atom is -0.497 e. The van der Waals surface area contributed by atoms with E-state index in [9.17, 15) is 0 Å². The van der Waals surface area contributed by atoms with Crippen LogP contribution in [0.1, 0.15) is 18.4 Å². The molecule has 0 aliphatic carbocycles. The van der Waals surface area contributed by atoms with E-state index in [4.69, 9.17) is 9.47 Å². The van der Waals surface area contributed by atoms with Gasteiger partial charge in [-0.1, -0.05) is 0 Å². The minimum absolute atomic E-state index is 0.798. The number of nitrogens with zero attached hydrogens (tertiary/aromatic N) is 2. The van der Waals surface area contributed by atoms with Crippen molar-refractivity contribution >= 4 is 11.8 Å². The van der Waals surface area contributed by atoms with Crippen LogP contribution in [0, 0.1) is 0 Å². The first-order chi connectivity index (χ1) is 11.3. The zero-order valence-electron chi connectivity index (χ0n) is 14.3. The Kier molecular flexibility index (Phi) is 6.08. The molecule has 5 heteroatoms. The molecule has 2 saturated heterocycles. The van der Waals surface area contributed by atoms with Crippen LogP contribution in [0.5, 0.6) is 11.5 Å². The van der Waals surface area contributed by atoms with Crippen LogP contribution in [0.2, 0.25) is 0 Å². The Morgan fingerprint density at radius 3 is 2.13 bits per heavy atom. The van der Waals surface area contributed by atoms with Gasteiger partial charge in [0.05, 0.1) is 14.2 Å². The summed E-state index contributed by atoms with van der Waals surface area (Å²) in [7, 11) is 3.42. The molecule has 0 radical (unpaired) electrons. The lowest BCUT2D eigenvalue weighted by molar-refractivity contribution is 0.112. The lowest BCUT2D eigenvalue weighted by atomic mass is 10.0. The van der Waals surface area contributed by atoms with Gasteiger partial charge in [-0.15, -0.1) is 0 Å². The number of rotatable bonds is 5. The van der Waals surface area contributed by atoms with Crippen LogP contribution in [-0.4, -0.2) is 67.7 Å². The van der Waals surface area contributed by atoms with Gasteiger partial charge in [0.15, 0.2) is 0 Å². The third-order valence-corrected chi connectivity index (χ3v) is 5.88. The molecule has 2 aliphatic rings. The molecule has 0 unspecified atom stereocenters. The Morgan fingerprint density at radius 1 is 0.957 bits per heavy atom. The predicted molar refractivity (Wildman–Crippen MR) is 96.7 cm³/mol. The van der Waals surface area contributed by atoms with Crippen LogP contribution >= 0.6 is 11.8 Å². The van der Waals surface area contributed by atoms with Gasteiger partial charge in [-0.05, 0) is 43.6 Å². The third-order valence-electron chi connectivity index (χ3n) is 4.94. The summed E-state index contributed by atoms with van der Waals surface area (Å²) in [5.74, 6) is 4.37. The maximum absolute atomic E-state index is 5.38. The summed E-state index contributed by atoms with van der Waals surface area (Å²) in [6, 6.07) is 6.98. The summed E-state index contributed by atoms with van der Waals surface area (Å²) in [5, 5.41) is 0. The summed E-state index contributed by atoms with van der Waals surface area (Å²) in [6.45, 7) is 5.92. The van der Waals surface area contributed by atoms with Crippen molar-refractivity contribution in [2.75, 3.05) is 51.9 Å². The molecule has 2 aliphatic heterocycles. The van der Waals surface area contributed by atoms with E-state index in [1.807, 2.05) is 6.07 Å². The van der Waals surface area contributed by atoms with Gasteiger partial charge in [-0.2, -0.15) is 11.8 Å². The van der Waals surface area contributed by atoms with Gasteiger partial charge in [0.2, 0.25) is 0 Å². The molecule has 0 aromatic heterocycles. The normalized spacial score (nSPS) is 21.3. The molecule has 0 atom stereocenters. The van der Waals surface area contributed by atoms with Crippen LogP contribution in [-0.2, 0) is 6.54 Å². The van der Waals surface area contributed by atoms with Crippen LogP contribution < -0.4 is 9.47 Å². The summed E-state index contributed by atoms with van der Waals surface area (Å²) in [6.07, 6.45) is 2.59. The molecule has 2 heterocycles. The fraction of sp³-hybridized carbons (Fsp3) is 0.667. The second-order valence-corrected chi connectivity index (χ2v) is 7.60. The molecule has 0 spiro atoms. The van der Waals surface area contributed by atoms with E-state index in [1.54, 1.807) is 14.2 Å². The zero-order valence-corrected chi connectivity index (χ0v) is 15.1. The van der Waals surface area contributed by atoms with Crippen LogP contribution in [0.3, 0.4) is 0 Å². The first-order valence-electron chi connectivity index (χ1n) is 8.54. The Bertz CT molecular complexity index is 476. The largest absolute Gasteiger partial charge is 0.497 e.